The number of hydrogen-bond donors (Lipinski definition) is 2. The molecule has 0 unspecified atom stereocenters. The first-order valence-corrected chi connectivity index (χ1v) is 7.94. The van der Waals surface area contributed by atoms with Crippen molar-refractivity contribution in [2.75, 3.05) is 6.61 Å². The minimum atomic E-state index is -0.0590. The Labute approximate surface area is 121 Å². The van der Waals surface area contributed by atoms with Crippen LogP contribution in [0.25, 0.3) is 0 Å². The molecule has 1 saturated carbocycles. The average Bonchev–Trinajstić information content (AvgIpc) is 2.89. The molecule has 1 heterocycles. The highest BCUT2D eigenvalue weighted by Gasteiger charge is 2.27. The number of aromatic nitrogens is 3. The van der Waals surface area contributed by atoms with Gasteiger partial charge in [-0.2, -0.15) is 0 Å². The molecule has 1 aromatic rings. The van der Waals surface area contributed by atoms with Crippen LogP contribution >= 0.6 is 0 Å². The molecule has 0 saturated heterocycles. The summed E-state index contributed by atoms with van der Waals surface area (Å²) in [7, 11) is 0. The van der Waals surface area contributed by atoms with Gasteiger partial charge in [-0.15, -0.1) is 5.10 Å². The van der Waals surface area contributed by atoms with E-state index in [1.165, 1.54) is 32.1 Å². The van der Waals surface area contributed by atoms with E-state index in [0.29, 0.717) is 18.2 Å². The van der Waals surface area contributed by atoms with Crippen molar-refractivity contribution in [3.63, 3.8) is 0 Å². The van der Waals surface area contributed by atoms with Crippen LogP contribution in [0.3, 0.4) is 0 Å². The van der Waals surface area contributed by atoms with E-state index in [2.05, 4.69) is 17.2 Å². The van der Waals surface area contributed by atoms with Crippen molar-refractivity contribution >= 4 is 0 Å². The fourth-order valence-electron chi connectivity index (χ4n) is 3.39. The molecule has 114 valence electrons. The van der Waals surface area contributed by atoms with Crippen LogP contribution in [-0.2, 0) is 13.2 Å². The van der Waals surface area contributed by atoms with Gasteiger partial charge in [-0.05, 0) is 31.6 Å². The lowest BCUT2D eigenvalue weighted by molar-refractivity contribution is 0.252. The number of aliphatic hydroxyl groups excluding tert-OH is 2. The van der Waals surface area contributed by atoms with Crippen LogP contribution in [0.4, 0.5) is 0 Å². The van der Waals surface area contributed by atoms with Gasteiger partial charge in [0.1, 0.15) is 5.69 Å². The smallest absolute Gasteiger partial charge is 0.112 e. The number of nitrogens with zero attached hydrogens (tertiary/aromatic N) is 3. The predicted octanol–water partition coefficient (Wildman–Crippen LogP) is 2.23. The summed E-state index contributed by atoms with van der Waals surface area (Å²) >= 11 is 0. The third kappa shape index (κ3) is 3.58. The zero-order chi connectivity index (χ0) is 14.4. The fourth-order valence-corrected chi connectivity index (χ4v) is 3.39. The van der Waals surface area contributed by atoms with Crippen molar-refractivity contribution in [3.8, 4) is 0 Å². The van der Waals surface area contributed by atoms with E-state index in [4.69, 9.17) is 5.11 Å². The van der Waals surface area contributed by atoms with Crippen LogP contribution in [0.15, 0.2) is 0 Å². The highest BCUT2D eigenvalue weighted by molar-refractivity contribution is 5.16. The van der Waals surface area contributed by atoms with Gasteiger partial charge in [0.2, 0.25) is 0 Å². The summed E-state index contributed by atoms with van der Waals surface area (Å²) in [6.45, 7) is 2.72. The number of rotatable bonds is 7. The van der Waals surface area contributed by atoms with Gasteiger partial charge in [-0.25, -0.2) is 4.68 Å². The van der Waals surface area contributed by atoms with Gasteiger partial charge >= 0.3 is 0 Å². The quantitative estimate of drug-likeness (QED) is 0.804. The third-order valence-corrected chi connectivity index (χ3v) is 4.51. The van der Waals surface area contributed by atoms with Crippen molar-refractivity contribution in [1.29, 1.82) is 0 Å². The minimum absolute atomic E-state index is 0.0590. The molecule has 5 heteroatoms. The molecular weight excluding hydrogens is 254 g/mol. The van der Waals surface area contributed by atoms with E-state index >= 15 is 0 Å². The summed E-state index contributed by atoms with van der Waals surface area (Å²) in [6, 6.07) is 0. The van der Waals surface area contributed by atoms with Crippen molar-refractivity contribution < 1.29 is 10.2 Å². The normalized spacial score (nSPS) is 23.1. The number of aliphatic hydroxyl groups is 2. The monoisotopic (exact) mass is 281 g/mol. The van der Waals surface area contributed by atoms with E-state index in [1.807, 2.05) is 0 Å². The molecular formula is C15H27N3O2. The van der Waals surface area contributed by atoms with Crippen molar-refractivity contribution in [3.05, 3.63) is 11.4 Å². The molecule has 0 spiro atoms. The molecule has 0 aliphatic heterocycles. The Morgan fingerprint density at radius 1 is 1.20 bits per heavy atom. The van der Waals surface area contributed by atoms with Gasteiger partial charge in [-0.3, -0.25) is 0 Å². The highest BCUT2D eigenvalue weighted by atomic mass is 16.3. The molecule has 5 nitrogen and oxygen atoms in total. The Morgan fingerprint density at radius 3 is 2.55 bits per heavy atom. The van der Waals surface area contributed by atoms with Crippen LogP contribution in [-0.4, -0.2) is 31.8 Å². The topological polar surface area (TPSA) is 71.2 Å². The Bertz CT molecular complexity index is 398. The van der Waals surface area contributed by atoms with Gasteiger partial charge in [0, 0.05) is 5.92 Å². The van der Waals surface area contributed by atoms with Crippen LogP contribution in [0.1, 0.15) is 69.2 Å². The van der Waals surface area contributed by atoms with Crippen molar-refractivity contribution in [2.45, 2.75) is 70.9 Å². The fraction of sp³-hybridized carbons (Fsp3) is 0.867. The van der Waals surface area contributed by atoms with Crippen LogP contribution in [0, 0.1) is 5.92 Å². The summed E-state index contributed by atoms with van der Waals surface area (Å²) in [4.78, 5) is 0. The third-order valence-electron chi connectivity index (χ3n) is 4.51. The molecule has 0 bridgehead atoms. The van der Waals surface area contributed by atoms with E-state index < -0.39 is 0 Å². The van der Waals surface area contributed by atoms with Gasteiger partial charge in [0.15, 0.2) is 0 Å². The van der Waals surface area contributed by atoms with Gasteiger partial charge in [0.25, 0.3) is 0 Å². The van der Waals surface area contributed by atoms with Crippen molar-refractivity contribution in [2.24, 2.45) is 5.92 Å². The predicted molar refractivity (Wildman–Crippen MR) is 77.3 cm³/mol. The second-order valence-electron chi connectivity index (χ2n) is 5.89. The molecule has 20 heavy (non-hydrogen) atoms. The minimum Gasteiger partial charge on any atom is -0.394 e. The summed E-state index contributed by atoms with van der Waals surface area (Å²) < 4.78 is 1.78. The Kier molecular flexibility index (Phi) is 5.98. The summed E-state index contributed by atoms with van der Waals surface area (Å²) in [5, 5.41) is 26.6. The SMILES string of the molecule is CCCCC1CCC(c2c(CO)nnn2CCO)CC1. The number of hydrogen-bond acceptors (Lipinski definition) is 4. The standard InChI is InChI=1S/C15H27N3O2/c1-2-3-4-12-5-7-13(8-6-12)15-14(11-20)16-17-18(15)9-10-19/h12-13,19-20H,2-11H2,1H3. The first-order chi connectivity index (χ1) is 9.80. The molecule has 0 atom stereocenters. The molecule has 0 amide bonds. The average molecular weight is 281 g/mol. The molecule has 1 aromatic heterocycles. The molecule has 0 radical (unpaired) electrons. The van der Waals surface area contributed by atoms with E-state index in [1.54, 1.807) is 4.68 Å². The molecule has 0 aromatic carbocycles. The Hall–Kier alpha value is -0.940. The Balaban J connectivity index is 2.00. The molecule has 2 N–H and O–H groups in total. The van der Waals surface area contributed by atoms with Crippen molar-refractivity contribution in [1.82, 2.24) is 15.0 Å². The van der Waals surface area contributed by atoms with E-state index in [9.17, 15) is 5.11 Å². The largest absolute Gasteiger partial charge is 0.394 e. The molecule has 1 aliphatic rings. The van der Waals surface area contributed by atoms with E-state index in [0.717, 1.165) is 24.5 Å². The van der Waals surface area contributed by atoms with E-state index in [-0.39, 0.29) is 13.2 Å². The molecule has 2 rings (SSSR count). The maximum atomic E-state index is 9.42. The van der Waals surface area contributed by atoms with Crippen LogP contribution < -0.4 is 0 Å². The summed E-state index contributed by atoms with van der Waals surface area (Å²) in [5.41, 5.74) is 1.74. The zero-order valence-corrected chi connectivity index (χ0v) is 12.5. The summed E-state index contributed by atoms with van der Waals surface area (Å²) in [6.07, 6.45) is 8.80. The lowest BCUT2D eigenvalue weighted by Gasteiger charge is -2.29. The first-order valence-electron chi connectivity index (χ1n) is 7.94. The second kappa shape index (κ2) is 7.74. The second-order valence-corrected chi connectivity index (χ2v) is 5.89. The molecule has 1 aliphatic carbocycles. The summed E-state index contributed by atoms with van der Waals surface area (Å²) in [5.74, 6) is 1.31. The molecule has 1 fully saturated rings. The highest BCUT2D eigenvalue weighted by Crippen LogP contribution is 2.38. The van der Waals surface area contributed by atoms with Crippen LogP contribution in [0.2, 0.25) is 0 Å². The lowest BCUT2D eigenvalue weighted by Crippen LogP contribution is -2.19. The number of unbranched alkanes of at least 4 members (excludes halogenated alkanes) is 1. The van der Waals surface area contributed by atoms with Gasteiger partial charge < -0.3 is 10.2 Å². The maximum Gasteiger partial charge on any atom is 0.112 e. The lowest BCUT2D eigenvalue weighted by atomic mass is 9.78. The maximum absolute atomic E-state index is 9.42. The first kappa shape index (κ1) is 15.4. The van der Waals surface area contributed by atoms with Gasteiger partial charge in [0.05, 0.1) is 25.5 Å². The van der Waals surface area contributed by atoms with Crippen LogP contribution in [0.5, 0.6) is 0 Å². The van der Waals surface area contributed by atoms with Gasteiger partial charge in [-0.1, -0.05) is 31.4 Å². The Morgan fingerprint density at radius 2 is 1.95 bits per heavy atom. The zero-order valence-electron chi connectivity index (χ0n) is 12.5.